The second-order valence-electron chi connectivity index (χ2n) is 14.9. The van der Waals surface area contributed by atoms with Gasteiger partial charge in [0, 0.05) is 38.3 Å². The number of methoxy groups -OCH3 is 1. The standard InChI is InChI=1S/C11H19BO2.C10H9BO4.C5H9NO4.C5H6.C4H8O.C4H10O.C3H7O.Li/c1-9(2)13-12(14-10(3)4)11-7-5-6-8-11;12-9-5-8-6-10(13)15-11(8,14-9)7-3-1-2-4-7;1-6(2-4(7)8)3-5(9)10;2*1-2-4-5-3-1;1-4(2)5-3;1-3(2)4;/h5-7,9-10H,8H2,1-4H3;1-3H,4-6H2;2-3H2,1H3,(H,7,8)(H,9,10);1-4H,5H2;1-4H2;4H,1-3H3;3H,1-2H3;/q;;;;;;-1;+1. The van der Waals surface area contributed by atoms with Crippen LogP contribution in [0.25, 0.3) is 0 Å². The van der Waals surface area contributed by atoms with Crippen molar-refractivity contribution in [3.63, 3.8) is 0 Å². The molecule has 0 radical (unpaired) electrons. The maximum Gasteiger partial charge on any atom is 1.00 e. The first-order valence-corrected chi connectivity index (χ1v) is 20.0. The summed E-state index contributed by atoms with van der Waals surface area (Å²) in [7, 11) is 2.96. The van der Waals surface area contributed by atoms with Crippen molar-refractivity contribution >= 4 is 37.5 Å². The van der Waals surface area contributed by atoms with E-state index in [0.717, 1.165) is 37.3 Å². The van der Waals surface area contributed by atoms with Gasteiger partial charge in [-0.15, -0.1) is 6.10 Å². The van der Waals surface area contributed by atoms with Crippen molar-refractivity contribution < 1.29 is 81.4 Å². The average molecular weight is 824 g/mol. The summed E-state index contributed by atoms with van der Waals surface area (Å²) < 4.78 is 31.6. The Balaban J connectivity index is 0. The van der Waals surface area contributed by atoms with Gasteiger partial charge in [-0.1, -0.05) is 80.1 Å². The van der Waals surface area contributed by atoms with Gasteiger partial charge >= 0.3 is 56.4 Å². The van der Waals surface area contributed by atoms with Gasteiger partial charge in [-0.05, 0) is 86.2 Å². The van der Waals surface area contributed by atoms with Crippen molar-refractivity contribution in [3.05, 3.63) is 77.5 Å². The minimum Gasteiger partial charge on any atom is -0.852 e. The summed E-state index contributed by atoms with van der Waals surface area (Å²) in [4.78, 5) is 43.6. The van der Waals surface area contributed by atoms with Gasteiger partial charge in [0.15, 0.2) is 0 Å². The van der Waals surface area contributed by atoms with Crippen LogP contribution in [0.1, 0.15) is 100 Å². The van der Waals surface area contributed by atoms with E-state index in [2.05, 4.69) is 42.5 Å². The van der Waals surface area contributed by atoms with Gasteiger partial charge in [0.25, 0.3) is 0 Å². The fourth-order valence-electron chi connectivity index (χ4n) is 5.27. The molecule has 0 aromatic heterocycles. The minimum atomic E-state index is -1.88. The van der Waals surface area contributed by atoms with Crippen LogP contribution >= 0.6 is 0 Å². The molecule has 0 aromatic rings. The number of likely N-dealkylation sites (N-methyl/N-ethyl adjacent to an activating group) is 1. The Morgan fingerprint density at radius 3 is 1.53 bits per heavy atom. The second kappa shape index (κ2) is 33.4. The molecule has 326 valence electrons. The van der Waals surface area contributed by atoms with E-state index in [-0.39, 0.29) is 76.1 Å². The molecule has 2 N–H and O–H groups in total. The zero-order valence-electron chi connectivity index (χ0n) is 37.3. The van der Waals surface area contributed by atoms with E-state index in [0.29, 0.717) is 12.5 Å². The van der Waals surface area contributed by atoms with Gasteiger partial charge in [0.1, 0.15) is 12.8 Å². The van der Waals surface area contributed by atoms with Crippen LogP contribution in [0, 0.1) is 5.82 Å². The number of carboxylic acids is 2. The third-order valence-corrected chi connectivity index (χ3v) is 7.82. The molecule has 6 rings (SSSR count). The number of rotatable bonds is 11. The molecule has 0 unspecified atom stereocenters. The number of hydrogen-bond acceptors (Lipinski definition) is 12. The Bertz CT molecular complexity index is 1340. The number of ether oxygens (including phenoxy) is 2. The van der Waals surface area contributed by atoms with Crippen molar-refractivity contribution in [2.75, 3.05) is 40.5 Å². The number of nitrogens with zero attached hydrogens (tertiary/aromatic N) is 1. The first kappa shape index (κ1) is 57.8. The molecule has 0 atom stereocenters. The fraction of sp³-hybridized carbons (Fsp3) is 0.595. The molecule has 6 aliphatic rings. The molecule has 3 fully saturated rings. The number of carbonyl (C=O) groups excluding carboxylic acids is 2. The molecule has 3 aliphatic carbocycles. The SMILES string of the molecule is C1=CCC=C1.C1CCOC1.CC(C)OB(OC(C)C)C1=CC=CC1.CC(C)[O-].CN(CC(=O)O)CC(=O)O.COC(C)C.O=C1C[C+]2CC(=O)O[B-]2(C2=CC=CC2)O1.[Li+]. The van der Waals surface area contributed by atoms with E-state index in [9.17, 15) is 24.3 Å². The minimum absolute atomic E-state index is 0. The molecule has 3 aliphatic heterocycles. The molecule has 0 spiro atoms. The van der Waals surface area contributed by atoms with Gasteiger partial charge in [-0.2, -0.15) is 0 Å². The van der Waals surface area contributed by atoms with Crippen LogP contribution in [0.15, 0.2) is 71.7 Å². The number of fused-ring (bicyclic) bond motifs is 1. The topological polar surface area (TPSA) is 190 Å². The number of hydrogen-bond donors (Lipinski definition) is 2. The summed E-state index contributed by atoms with van der Waals surface area (Å²) >= 11 is 0. The van der Waals surface area contributed by atoms with Crippen molar-refractivity contribution in [2.24, 2.45) is 0 Å². The van der Waals surface area contributed by atoms with Crippen LogP contribution in [-0.2, 0) is 47.3 Å². The molecule has 3 saturated heterocycles. The Morgan fingerprint density at radius 2 is 1.24 bits per heavy atom. The normalized spacial score (nSPS) is 17.0. The summed E-state index contributed by atoms with van der Waals surface area (Å²) in [6, 6.07) is 0. The third-order valence-electron chi connectivity index (χ3n) is 7.82. The van der Waals surface area contributed by atoms with E-state index in [1.807, 2.05) is 59.8 Å². The number of carboxylic acid groups (broad SMARTS) is 2. The summed E-state index contributed by atoms with van der Waals surface area (Å²) in [6.45, 7) is 15.0. The van der Waals surface area contributed by atoms with Crippen molar-refractivity contribution in [3.8, 4) is 0 Å². The van der Waals surface area contributed by atoms with E-state index in [1.54, 1.807) is 21.0 Å². The fourth-order valence-corrected chi connectivity index (χ4v) is 5.27. The summed E-state index contributed by atoms with van der Waals surface area (Å²) in [6.07, 6.45) is 26.5. The van der Waals surface area contributed by atoms with Crippen LogP contribution in [0.3, 0.4) is 0 Å². The van der Waals surface area contributed by atoms with Crippen molar-refractivity contribution in [2.45, 2.75) is 125 Å². The number of allylic oxidation sites excluding steroid dienone is 12. The molecule has 59 heavy (non-hydrogen) atoms. The summed E-state index contributed by atoms with van der Waals surface area (Å²) in [5.41, 5.74) is 2.12. The van der Waals surface area contributed by atoms with E-state index in [4.69, 9.17) is 38.3 Å². The molecule has 17 heteroatoms. The van der Waals surface area contributed by atoms with E-state index >= 15 is 0 Å². The predicted octanol–water partition coefficient (Wildman–Crippen LogP) is 2.80. The van der Waals surface area contributed by atoms with Crippen molar-refractivity contribution in [1.29, 1.82) is 0 Å². The van der Waals surface area contributed by atoms with Crippen LogP contribution in [0.5, 0.6) is 0 Å². The molecule has 0 saturated carbocycles. The monoisotopic (exact) mass is 824 g/mol. The summed E-state index contributed by atoms with van der Waals surface area (Å²) in [5.74, 6) is -1.82. The third kappa shape index (κ3) is 28.7. The maximum atomic E-state index is 11.3. The second-order valence-corrected chi connectivity index (χ2v) is 14.9. The van der Waals surface area contributed by atoms with Gasteiger partial charge in [0.2, 0.25) is 0 Å². The molecular formula is C42H68B2LiNO13. The Kier molecular flexibility index (Phi) is 32.7. The maximum absolute atomic E-state index is 11.3. The van der Waals surface area contributed by atoms with E-state index in [1.165, 1.54) is 30.3 Å². The first-order chi connectivity index (χ1) is 27.3. The van der Waals surface area contributed by atoms with Gasteiger partial charge in [0.05, 0.1) is 19.2 Å². The van der Waals surface area contributed by atoms with Crippen LogP contribution in [0.4, 0.5) is 0 Å². The Labute approximate surface area is 365 Å². The molecule has 0 amide bonds. The molecule has 3 heterocycles. The predicted molar refractivity (Wildman–Crippen MR) is 225 cm³/mol. The van der Waals surface area contributed by atoms with Crippen LogP contribution < -0.4 is 24.0 Å². The smallest absolute Gasteiger partial charge is 0.852 e. The summed E-state index contributed by atoms with van der Waals surface area (Å²) in [5, 5.41) is 25.9. The Hall–Kier alpha value is -3.32. The molecule has 0 bridgehead atoms. The van der Waals surface area contributed by atoms with Gasteiger partial charge < -0.3 is 43.4 Å². The number of carbonyl (C=O) groups is 4. The molecular weight excluding hydrogens is 755 g/mol. The van der Waals surface area contributed by atoms with Crippen LogP contribution in [-0.4, -0.2) is 118 Å². The zero-order chi connectivity index (χ0) is 44.1. The number of aliphatic carboxylic acids is 2. The quantitative estimate of drug-likeness (QED) is 0.229. The van der Waals surface area contributed by atoms with Crippen LogP contribution in [0.2, 0.25) is 0 Å². The molecule has 0 aromatic carbocycles. The largest absolute Gasteiger partial charge is 1.00 e. The molecule has 14 nitrogen and oxygen atoms in total. The Morgan fingerprint density at radius 1 is 0.797 bits per heavy atom. The zero-order valence-corrected chi connectivity index (χ0v) is 37.3. The van der Waals surface area contributed by atoms with E-state index < -0.39 is 24.6 Å². The van der Waals surface area contributed by atoms with Gasteiger partial charge in [-0.25, -0.2) is 0 Å². The average Bonchev–Trinajstić information content (AvgIpc) is 3.97. The van der Waals surface area contributed by atoms with Crippen molar-refractivity contribution in [1.82, 2.24) is 4.90 Å². The van der Waals surface area contributed by atoms with Gasteiger partial charge in [-0.3, -0.25) is 24.1 Å². The first-order valence-electron chi connectivity index (χ1n) is 20.0.